The van der Waals surface area contributed by atoms with Crippen molar-refractivity contribution in [1.82, 2.24) is 4.90 Å². The monoisotopic (exact) mass is 269 g/mol. The lowest BCUT2D eigenvalue weighted by molar-refractivity contribution is 0.0852. The second-order valence-electron chi connectivity index (χ2n) is 4.49. The zero-order chi connectivity index (χ0) is 13.5. The van der Waals surface area contributed by atoms with Crippen molar-refractivity contribution in [3.63, 3.8) is 0 Å². The zero-order valence-corrected chi connectivity index (χ0v) is 11.9. The molecule has 0 unspecified atom stereocenters. The van der Waals surface area contributed by atoms with Crippen LogP contribution in [0.2, 0.25) is 5.02 Å². The first kappa shape index (κ1) is 15.2. The van der Waals surface area contributed by atoms with Gasteiger partial charge in [-0.1, -0.05) is 23.7 Å². The molecule has 4 heteroatoms. The van der Waals surface area contributed by atoms with E-state index in [-0.39, 0.29) is 5.78 Å². The Morgan fingerprint density at radius 3 is 2.72 bits per heavy atom. The highest BCUT2D eigenvalue weighted by Crippen LogP contribution is 2.12. The van der Waals surface area contributed by atoms with Gasteiger partial charge in [-0.25, -0.2) is 0 Å². The fraction of sp³-hybridized carbons (Fsp3) is 0.500. The van der Waals surface area contributed by atoms with Gasteiger partial charge >= 0.3 is 0 Å². The lowest BCUT2D eigenvalue weighted by atomic mass is 10.1. The third kappa shape index (κ3) is 4.77. The molecule has 0 N–H and O–H groups in total. The predicted octanol–water partition coefficient (Wildman–Crippen LogP) is 2.88. The Labute approximate surface area is 114 Å². The van der Waals surface area contributed by atoms with Gasteiger partial charge in [-0.15, -0.1) is 0 Å². The van der Waals surface area contributed by atoms with Crippen LogP contribution in [0.25, 0.3) is 0 Å². The predicted molar refractivity (Wildman–Crippen MR) is 74.4 cm³/mol. The Balaban J connectivity index is 2.66. The van der Waals surface area contributed by atoms with Crippen LogP contribution in [-0.2, 0) is 4.74 Å². The Morgan fingerprint density at radius 1 is 1.44 bits per heavy atom. The highest BCUT2D eigenvalue weighted by molar-refractivity contribution is 6.31. The molecule has 0 aromatic heterocycles. The van der Waals surface area contributed by atoms with E-state index in [4.69, 9.17) is 16.3 Å². The molecule has 1 aromatic carbocycles. The molecule has 0 saturated carbocycles. The van der Waals surface area contributed by atoms with Crippen molar-refractivity contribution in [2.24, 2.45) is 0 Å². The second kappa shape index (κ2) is 7.52. The Kier molecular flexibility index (Phi) is 6.33. The highest BCUT2D eigenvalue weighted by atomic mass is 35.5. The van der Waals surface area contributed by atoms with E-state index in [0.717, 1.165) is 6.54 Å². The first-order valence-electron chi connectivity index (χ1n) is 6.06. The van der Waals surface area contributed by atoms with E-state index in [9.17, 15) is 4.79 Å². The molecule has 0 aliphatic carbocycles. The maximum absolute atomic E-state index is 12.1. The van der Waals surface area contributed by atoms with Gasteiger partial charge in [0.15, 0.2) is 5.78 Å². The molecule has 0 aliphatic heterocycles. The Morgan fingerprint density at radius 2 is 2.17 bits per heavy atom. The van der Waals surface area contributed by atoms with E-state index in [1.165, 1.54) is 0 Å². The van der Waals surface area contributed by atoms with Crippen LogP contribution in [0.4, 0.5) is 0 Å². The highest BCUT2D eigenvalue weighted by Gasteiger charge is 2.15. The van der Waals surface area contributed by atoms with Crippen molar-refractivity contribution in [1.29, 1.82) is 0 Å². The lowest BCUT2D eigenvalue weighted by Crippen LogP contribution is -2.38. The molecule has 0 aliphatic rings. The number of Topliss-reactive ketones (excluding diaryl/α,β-unsaturated/α-hetero) is 1. The zero-order valence-electron chi connectivity index (χ0n) is 11.1. The van der Waals surface area contributed by atoms with E-state index in [1.54, 1.807) is 31.4 Å². The number of rotatable bonds is 7. The molecule has 0 atom stereocenters. The molecule has 0 bridgehead atoms. The number of nitrogens with zero attached hydrogens (tertiary/aromatic N) is 1. The number of hydrogen-bond acceptors (Lipinski definition) is 3. The summed E-state index contributed by atoms with van der Waals surface area (Å²) in [4.78, 5) is 14.2. The van der Waals surface area contributed by atoms with Gasteiger partial charge in [0.1, 0.15) is 0 Å². The van der Waals surface area contributed by atoms with Gasteiger partial charge in [0.05, 0.1) is 13.2 Å². The Hall–Kier alpha value is -0.900. The first-order chi connectivity index (χ1) is 8.54. The van der Waals surface area contributed by atoms with E-state index in [1.807, 2.05) is 0 Å². The largest absolute Gasteiger partial charge is 0.383 e. The molecule has 100 valence electrons. The quantitative estimate of drug-likeness (QED) is 0.713. The van der Waals surface area contributed by atoms with E-state index < -0.39 is 0 Å². The molecule has 18 heavy (non-hydrogen) atoms. The van der Waals surface area contributed by atoms with Gasteiger partial charge in [0.25, 0.3) is 0 Å². The van der Waals surface area contributed by atoms with Crippen molar-refractivity contribution in [3.8, 4) is 0 Å². The average Bonchev–Trinajstić information content (AvgIpc) is 2.33. The van der Waals surface area contributed by atoms with Crippen LogP contribution < -0.4 is 0 Å². The summed E-state index contributed by atoms with van der Waals surface area (Å²) in [6.07, 6.45) is 0. The fourth-order valence-electron chi connectivity index (χ4n) is 1.67. The van der Waals surface area contributed by atoms with Crippen LogP contribution >= 0.6 is 11.6 Å². The molecule has 3 nitrogen and oxygen atoms in total. The molecule has 0 heterocycles. The van der Waals surface area contributed by atoms with Gasteiger partial charge in [0.2, 0.25) is 0 Å². The van der Waals surface area contributed by atoms with Crippen molar-refractivity contribution < 1.29 is 9.53 Å². The minimum absolute atomic E-state index is 0.0855. The molecule has 0 fully saturated rings. The topological polar surface area (TPSA) is 29.5 Å². The summed E-state index contributed by atoms with van der Waals surface area (Å²) >= 11 is 5.89. The number of halogens is 1. The number of carbonyl (C=O) groups is 1. The van der Waals surface area contributed by atoms with E-state index in [2.05, 4.69) is 18.7 Å². The third-order valence-corrected chi connectivity index (χ3v) is 3.04. The van der Waals surface area contributed by atoms with Crippen LogP contribution in [0.5, 0.6) is 0 Å². The smallest absolute Gasteiger partial charge is 0.176 e. The first-order valence-corrected chi connectivity index (χ1v) is 6.44. The summed E-state index contributed by atoms with van der Waals surface area (Å²) in [7, 11) is 1.66. The minimum atomic E-state index is 0.0855. The van der Waals surface area contributed by atoms with Gasteiger partial charge in [-0.05, 0) is 26.0 Å². The SMILES string of the molecule is COCCN(CC(=O)c1cccc(Cl)c1)C(C)C. The molecule has 0 amide bonds. The van der Waals surface area contributed by atoms with Crippen molar-refractivity contribution in [2.75, 3.05) is 26.8 Å². The normalized spacial score (nSPS) is 11.2. The standard InChI is InChI=1S/C14H20ClNO2/c1-11(2)16(7-8-18-3)10-14(17)12-5-4-6-13(15)9-12/h4-6,9,11H,7-8,10H2,1-3H3. The summed E-state index contributed by atoms with van der Waals surface area (Å²) in [5.41, 5.74) is 0.658. The molecular weight excluding hydrogens is 250 g/mol. The number of hydrogen-bond donors (Lipinski definition) is 0. The minimum Gasteiger partial charge on any atom is -0.383 e. The van der Waals surface area contributed by atoms with Crippen LogP contribution in [0.15, 0.2) is 24.3 Å². The van der Waals surface area contributed by atoms with E-state index >= 15 is 0 Å². The molecule has 0 saturated heterocycles. The number of ether oxygens (including phenoxy) is 1. The van der Waals surface area contributed by atoms with Crippen LogP contribution in [-0.4, -0.2) is 43.5 Å². The van der Waals surface area contributed by atoms with Crippen molar-refractivity contribution in [2.45, 2.75) is 19.9 Å². The summed E-state index contributed by atoms with van der Waals surface area (Å²) in [5.74, 6) is 0.0855. The molecular formula is C14H20ClNO2. The fourth-order valence-corrected chi connectivity index (χ4v) is 1.86. The van der Waals surface area contributed by atoms with Crippen molar-refractivity contribution in [3.05, 3.63) is 34.9 Å². The van der Waals surface area contributed by atoms with Crippen LogP contribution in [0.3, 0.4) is 0 Å². The summed E-state index contributed by atoms with van der Waals surface area (Å²) in [6.45, 7) is 5.91. The van der Waals surface area contributed by atoms with Gasteiger partial charge < -0.3 is 4.74 Å². The molecule has 1 aromatic rings. The van der Waals surface area contributed by atoms with Crippen LogP contribution in [0.1, 0.15) is 24.2 Å². The maximum Gasteiger partial charge on any atom is 0.176 e. The number of benzene rings is 1. The summed E-state index contributed by atoms with van der Waals surface area (Å²) in [6, 6.07) is 7.37. The lowest BCUT2D eigenvalue weighted by Gasteiger charge is -2.25. The number of ketones is 1. The Bertz CT molecular complexity index is 393. The van der Waals surface area contributed by atoms with E-state index in [0.29, 0.717) is 29.8 Å². The molecule has 0 spiro atoms. The molecule has 1 rings (SSSR count). The van der Waals surface area contributed by atoms with Gasteiger partial charge in [0, 0.05) is 30.3 Å². The number of methoxy groups -OCH3 is 1. The van der Waals surface area contributed by atoms with Gasteiger partial charge in [-0.2, -0.15) is 0 Å². The average molecular weight is 270 g/mol. The summed E-state index contributed by atoms with van der Waals surface area (Å²) < 4.78 is 5.05. The van der Waals surface area contributed by atoms with Crippen molar-refractivity contribution >= 4 is 17.4 Å². The maximum atomic E-state index is 12.1. The number of carbonyl (C=O) groups excluding carboxylic acids is 1. The van der Waals surface area contributed by atoms with Gasteiger partial charge in [-0.3, -0.25) is 9.69 Å². The second-order valence-corrected chi connectivity index (χ2v) is 4.93. The summed E-state index contributed by atoms with van der Waals surface area (Å²) in [5, 5.41) is 0.592. The third-order valence-electron chi connectivity index (χ3n) is 2.81. The molecule has 0 radical (unpaired) electrons. The van der Waals surface area contributed by atoms with Crippen LogP contribution in [0, 0.1) is 0 Å².